The molecule has 0 fully saturated rings. The molecule has 0 aliphatic heterocycles. The predicted molar refractivity (Wildman–Crippen MR) is 73.0 cm³/mol. The number of aromatic nitrogens is 1. The average molecular weight is 302 g/mol. The highest BCUT2D eigenvalue weighted by atomic mass is 79.9. The second-order valence-corrected chi connectivity index (χ2v) is 4.91. The van der Waals surface area contributed by atoms with Crippen LogP contribution in [-0.4, -0.2) is 50.3 Å². The molecule has 5 heteroatoms. The molecule has 1 N–H and O–H groups in total. The number of hydrogen-bond donors (Lipinski definition) is 1. The molecule has 0 amide bonds. The van der Waals surface area contributed by atoms with Gasteiger partial charge in [-0.2, -0.15) is 0 Å². The largest absolute Gasteiger partial charge is 0.383 e. The van der Waals surface area contributed by atoms with Gasteiger partial charge in [-0.1, -0.05) is 0 Å². The molecule has 0 aromatic carbocycles. The Kier molecular flexibility index (Phi) is 7.35. The van der Waals surface area contributed by atoms with Crippen LogP contribution in [0.15, 0.2) is 22.9 Å². The zero-order valence-electron chi connectivity index (χ0n) is 10.4. The average Bonchev–Trinajstić information content (AvgIpc) is 2.29. The highest BCUT2D eigenvalue weighted by molar-refractivity contribution is 9.10. The number of pyridine rings is 1. The Morgan fingerprint density at radius 1 is 1.41 bits per heavy atom. The first-order valence-electron chi connectivity index (χ1n) is 5.70. The Labute approximate surface area is 111 Å². The standard InChI is InChI=1S/C12H20BrN3O/c1-16(5-3-14-4-6-17-2)10-11-7-12(13)9-15-8-11/h7-9,14H,3-6,10H2,1-2H3. The molecule has 1 heterocycles. The van der Waals surface area contributed by atoms with E-state index in [1.54, 1.807) is 13.3 Å². The summed E-state index contributed by atoms with van der Waals surface area (Å²) in [6.07, 6.45) is 3.70. The van der Waals surface area contributed by atoms with Gasteiger partial charge in [-0.15, -0.1) is 0 Å². The van der Waals surface area contributed by atoms with Crippen LogP contribution in [0.3, 0.4) is 0 Å². The Morgan fingerprint density at radius 3 is 2.94 bits per heavy atom. The third-order valence-corrected chi connectivity index (χ3v) is 2.80. The maximum atomic E-state index is 4.97. The fourth-order valence-electron chi connectivity index (χ4n) is 1.50. The first kappa shape index (κ1) is 14.6. The molecule has 4 nitrogen and oxygen atoms in total. The molecule has 0 aliphatic rings. The molecular weight excluding hydrogens is 282 g/mol. The number of methoxy groups -OCH3 is 1. The van der Waals surface area contributed by atoms with Gasteiger partial charge in [-0.3, -0.25) is 4.98 Å². The molecule has 1 rings (SSSR count). The zero-order chi connectivity index (χ0) is 12.5. The molecule has 0 unspecified atom stereocenters. The summed E-state index contributed by atoms with van der Waals surface area (Å²) in [5.41, 5.74) is 1.22. The third kappa shape index (κ3) is 6.73. The van der Waals surface area contributed by atoms with Gasteiger partial charge < -0.3 is 15.0 Å². The van der Waals surface area contributed by atoms with Crippen LogP contribution in [0.2, 0.25) is 0 Å². The Balaban J connectivity index is 2.18. The summed E-state index contributed by atoms with van der Waals surface area (Å²) in [6.45, 7) is 4.57. The number of nitrogens with one attached hydrogen (secondary N) is 1. The lowest BCUT2D eigenvalue weighted by Gasteiger charge is -2.16. The second-order valence-electron chi connectivity index (χ2n) is 3.99. The van der Waals surface area contributed by atoms with Crippen molar-refractivity contribution in [3.05, 3.63) is 28.5 Å². The maximum Gasteiger partial charge on any atom is 0.0587 e. The fourth-order valence-corrected chi connectivity index (χ4v) is 1.91. The van der Waals surface area contributed by atoms with Crippen molar-refractivity contribution in [2.45, 2.75) is 6.54 Å². The minimum Gasteiger partial charge on any atom is -0.383 e. The van der Waals surface area contributed by atoms with Gasteiger partial charge in [-0.25, -0.2) is 0 Å². The van der Waals surface area contributed by atoms with Gasteiger partial charge in [0, 0.05) is 50.2 Å². The summed E-state index contributed by atoms with van der Waals surface area (Å²) in [5.74, 6) is 0. The highest BCUT2D eigenvalue weighted by Gasteiger charge is 2.00. The Hall–Kier alpha value is -0.490. The van der Waals surface area contributed by atoms with Gasteiger partial charge in [0.25, 0.3) is 0 Å². The van der Waals surface area contributed by atoms with Crippen LogP contribution in [0.25, 0.3) is 0 Å². The highest BCUT2D eigenvalue weighted by Crippen LogP contribution is 2.10. The van der Waals surface area contributed by atoms with Gasteiger partial charge in [0.15, 0.2) is 0 Å². The van der Waals surface area contributed by atoms with Crippen LogP contribution >= 0.6 is 15.9 Å². The quantitative estimate of drug-likeness (QED) is 0.739. The first-order valence-corrected chi connectivity index (χ1v) is 6.49. The maximum absolute atomic E-state index is 4.97. The summed E-state index contributed by atoms with van der Waals surface area (Å²) < 4.78 is 6.00. The summed E-state index contributed by atoms with van der Waals surface area (Å²) in [4.78, 5) is 6.42. The summed E-state index contributed by atoms with van der Waals surface area (Å²) in [5, 5.41) is 3.32. The number of halogens is 1. The van der Waals surface area contributed by atoms with Crippen molar-refractivity contribution in [2.24, 2.45) is 0 Å². The van der Waals surface area contributed by atoms with Gasteiger partial charge in [0.1, 0.15) is 0 Å². The van der Waals surface area contributed by atoms with Gasteiger partial charge in [0.2, 0.25) is 0 Å². The third-order valence-electron chi connectivity index (χ3n) is 2.37. The Bertz CT molecular complexity index is 322. The van der Waals surface area contributed by atoms with E-state index in [-0.39, 0.29) is 0 Å². The van der Waals surface area contributed by atoms with Crippen molar-refractivity contribution in [3.8, 4) is 0 Å². The van der Waals surface area contributed by atoms with Crippen LogP contribution in [0.1, 0.15) is 5.56 Å². The molecule has 0 aliphatic carbocycles. The van der Waals surface area contributed by atoms with Crippen molar-refractivity contribution in [1.29, 1.82) is 0 Å². The molecule has 0 spiro atoms. The SMILES string of the molecule is COCCNCCN(C)Cc1cncc(Br)c1. The first-order chi connectivity index (χ1) is 8.22. The molecule has 0 atom stereocenters. The molecular formula is C12H20BrN3O. The normalized spacial score (nSPS) is 11.1. The van der Waals surface area contributed by atoms with E-state index in [9.17, 15) is 0 Å². The van der Waals surface area contributed by atoms with E-state index < -0.39 is 0 Å². The molecule has 96 valence electrons. The van der Waals surface area contributed by atoms with Crippen LogP contribution in [0.5, 0.6) is 0 Å². The number of nitrogens with zero attached hydrogens (tertiary/aromatic N) is 2. The predicted octanol–water partition coefficient (Wildman–Crippen LogP) is 1.51. The molecule has 0 saturated heterocycles. The molecule has 0 bridgehead atoms. The molecule has 1 aromatic heterocycles. The van der Waals surface area contributed by atoms with E-state index >= 15 is 0 Å². The van der Waals surface area contributed by atoms with Crippen molar-refractivity contribution in [2.75, 3.05) is 40.4 Å². The smallest absolute Gasteiger partial charge is 0.0587 e. The lowest BCUT2D eigenvalue weighted by atomic mass is 10.3. The summed E-state index contributed by atoms with van der Waals surface area (Å²) >= 11 is 3.43. The van der Waals surface area contributed by atoms with E-state index in [0.717, 1.165) is 37.3 Å². The van der Waals surface area contributed by atoms with Gasteiger partial charge in [0.05, 0.1) is 6.61 Å². The zero-order valence-corrected chi connectivity index (χ0v) is 12.0. The van der Waals surface area contributed by atoms with E-state index in [4.69, 9.17) is 4.74 Å². The van der Waals surface area contributed by atoms with E-state index in [1.165, 1.54) is 5.56 Å². The topological polar surface area (TPSA) is 37.4 Å². The van der Waals surface area contributed by atoms with Crippen LogP contribution < -0.4 is 5.32 Å². The number of hydrogen-bond acceptors (Lipinski definition) is 4. The van der Waals surface area contributed by atoms with Crippen LogP contribution in [-0.2, 0) is 11.3 Å². The molecule has 0 radical (unpaired) electrons. The lowest BCUT2D eigenvalue weighted by Crippen LogP contribution is -2.30. The minimum absolute atomic E-state index is 0.763. The van der Waals surface area contributed by atoms with Crippen molar-refractivity contribution in [1.82, 2.24) is 15.2 Å². The van der Waals surface area contributed by atoms with Crippen LogP contribution in [0.4, 0.5) is 0 Å². The minimum atomic E-state index is 0.763. The summed E-state index contributed by atoms with van der Waals surface area (Å²) in [6, 6.07) is 2.10. The van der Waals surface area contributed by atoms with Crippen LogP contribution in [0, 0.1) is 0 Å². The monoisotopic (exact) mass is 301 g/mol. The van der Waals surface area contributed by atoms with E-state index in [1.807, 2.05) is 6.20 Å². The van der Waals surface area contributed by atoms with E-state index in [2.05, 4.69) is 44.2 Å². The van der Waals surface area contributed by atoms with Crippen molar-refractivity contribution < 1.29 is 4.74 Å². The fraction of sp³-hybridized carbons (Fsp3) is 0.583. The van der Waals surface area contributed by atoms with Gasteiger partial charge in [-0.05, 0) is 34.6 Å². The number of likely N-dealkylation sites (N-methyl/N-ethyl adjacent to an activating group) is 1. The second kappa shape index (κ2) is 8.58. The number of rotatable bonds is 8. The molecule has 0 saturated carbocycles. The lowest BCUT2D eigenvalue weighted by molar-refractivity contribution is 0.197. The van der Waals surface area contributed by atoms with Gasteiger partial charge >= 0.3 is 0 Å². The van der Waals surface area contributed by atoms with E-state index in [0.29, 0.717) is 0 Å². The molecule has 1 aromatic rings. The Morgan fingerprint density at radius 2 is 2.24 bits per heavy atom. The van der Waals surface area contributed by atoms with Crippen molar-refractivity contribution in [3.63, 3.8) is 0 Å². The van der Waals surface area contributed by atoms with Crippen molar-refractivity contribution >= 4 is 15.9 Å². The summed E-state index contributed by atoms with van der Waals surface area (Å²) in [7, 11) is 3.83. The molecule has 17 heavy (non-hydrogen) atoms. The number of ether oxygens (including phenoxy) is 1.